The minimum absolute atomic E-state index is 0.00423. The number of amides is 1. The van der Waals surface area contributed by atoms with Crippen molar-refractivity contribution in [3.63, 3.8) is 0 Å². The zero-order chi connectivity index (χ0) is 15.0. The highest BCUT2D eigenvalue weighted by atomic mass is 16.5. The van der Waals surface area contributed by atoms with E-state index in [1.54, 1.807) is 13.2 Å². The van der Waals surface area contributed by atoms with Crippen LogP contribution in [0.5, 0.6) is 5.75 Å². The number of hydrogen-bond acceptors (Lipinski definition) is 4. The Kier molecular flexibility index (Phi) is 6.52. The normalized spacial score (nSPS) is 11.7. The first kappa shape index (κ1) is 16.0. The zero-order valence-corrected chi connectivity index (χ0v) is 11.3. The smallest absolute Gasteiger partial charge is 0.326 e. The summed E-state index contributed by atoms with van der Waals surface area (Å²) < 4.78 is 5.18. The summed E-state index contributed by atoms with van der Waals surface area (Å²) in [6.07, 6.45) is 0.618. The quantitative estimate of drug-likeness (QED) is 0.648. The Morgan fingerprint density at radius 1 is 1.35 bits per heavy atom. The zero-order valence-electron chi connectivity index (χ0n) is 11.3. The molecule has 0 saturated heterocycles. The number of aliphatic carboxylic acids is 1. The molecule has 0 aliphatic heterocycles. The average molecular weight is 281 g/mol. The van der Waals surface area contributed by atoms with Crippen molar-refractivity contribution in [2.45, 2.75) is 25.3 Å². The predicted octanol–water partition coefficient (Wildman–Crippen LogP) is 0.580. The molecule has 0 bridgehead atoms. The van der Waals surface area contributed by atoms with Crippen molar-refractivity contribution in [2.24, 2.45) is 0 Å². The Labute approximate surface area is 117 Å². The molecule has 6 heteroatoms. The second-order valence-corrected chi connectivity index (χ2v) is 4.28. The van der Waals surface area contributed by atoms with Crippen molar-refractivity contribution in [1.29, 1.82) is 0 Å². The lowest BCUT2D eigenvalue weighted by Crippen LogP contribution is -2.41. The van der Waals surface area contributed by atoms with Crippen LogP contribution in [-0.2, 0) is 16.0 Å². The van der Waals surface area contributed by atoms with Gasteiger partial charge in [0.15, 0.2) is 0 Å². The molecule has 6 nitrogen and oxygen atoms in total. The van der Waals surface area contributed by atoms with Crippen LogP contribution < -0.4 is 10.1 Å². The lowest BCUT2D eigenvalue weighted by molar-refractivity contribution is -0.142. The number of rotatable bonds is 8. The monoisotopic (exact) mass is 281 g/mol. The molecule has 0 radical (unpaired) electrons. The number of carbonyl (C=O) groups is 2. The Morgan fingerprint density at radius 3 is 2.65 bits per heavy atom. The van der Waals surface area contributed by atoms with Crippen LogP contribution >= 0.6 is 0 Å². The second-order valence-electron chi connectivity index (χ2n) is 4.28. The number of benzene rings is 1. The Hall–Kier alpha value is -2.08. The number of methoxy groups -OCH3 is 1. The first-order chi connectivity index (χ1) is 9.58. The number of carboxylic acids is 1. The summed E-state index contributed by atoms with van der Waals surface area (Å²) in [6.45, 7) is -0.288. The highest BCUT2D eigenvalue weighted by molar-refractivity contribution is 5.83. The van der Waals surface area contributed by atoms with E-state index in [1.165, 1.54) is 0 Å². The molecule has 1 aromatic carbocycles. The maximum absolute atomic E-state index is 11.7. The van der Waals surface area contributed by atoms with Gasteiger partial charge in [0.1, 0.15) is 11.8 Å². The third-order valence-electron chi connectivity index (χ3n) is 2.87. The van der Waals surface area contributed by atoms with Gasteiger partial charge in [0.2, 0.25) is 5.91 Å². The molecule has 1 amide bonds. The number of carbonyl (C=O) groups excluding carboxylic acids is 1. The number of ether oxygens (including phenoxy) is 1. The lowest BCUT2D eigenvalue weighted by Gasteiger charge is -2.13. The molecule has 1 atom stereocenters. The van der Waals surface area contributed by atoms with Gasteiger partial charge < -0.3 is 20.3 Å². The summed E-state index contributed by atoms with van der Waals surface area (Å²) >= 11 is 0. The highest BCUT2D eigenvalue weighted by Gasteiger charge is 2.19. The maximum Gasteiger partial charge on any atom is 0.326 e. The SMILES string of the molecule is COc1ccccc1CCC(=O)N[C@@H](CCO)C(=O)O. The van der Waals surface area contributed by atoms with Gasteiger partial charge in [-0.3, -0.25) is 4.79 Å². The predicted molar refractivity (Wildman–Crippen MR) is 72.6 cm³/mol. The van der Waals surface area contributed by atoms with E-state index in [0.29, 0.717) is 12.2 Å². The number of para-hydroxylation sites is 1. The molecular formula is C14H19NO5. The van der Waals surface area contributed by atoms with Gasteiger partial charge in [-0.2, -0.15) is 0 Å². The van der Waals surface area contributed by atoms with Gasteiger partial charge in [-0.1, -0.05) is 18.2 Å². The minimum Gasteiger partial charge on any atom is -0.496 e. The number of aryl methyl sites for hydroxylation is 1. The molecule has 0 spiro atoms. The van der Waals surface area contributed by atoms with Gasteiger partial charge in [-0.05, 0) is 18.1 Å². The fraction of sp³-hybridized carbons (Fsp3) is 0.429. The van der Waals surface area contributed by atoms with E-state index in [1.807, 2.05) is 18.2 Å². The van der Waals surface area contributed by atoms with Crippen LogP contribution in [0.15, 0.2) is 24.3 Å². The molecule has 0 unspecified atom stereocenters. The first-order valence-electron chi connectivity index (χ1n) is 6.33. The fourth-order valence-electron chi connectivity index (χ4n) is 1.81. The van der Waals surface area contributed by atoms with Crippen molar-refractivity contribution in [3.05, 3.63) is 29.8 Å². The van der Waals surface area contributed by atoms with Crippen molar-refractivity contribution in [2.75, 3.05) is 13.7 Å². The summed E-state index contributed by atoms with van der Waals surface area (Å²) in [5.41, 5.74) is 0.888. The third-order valence-corrected chi connectivity index (χ3v) is 2.87. The average Bonchev–Trinajstić information content (AvgIpc) is 2.44. The van der Waals surface area contributed by atoms with Crippen LogP contribution in [0.3, 0.4) is 0 Å². The molecule has 0 fully saturated rings. The van der Waals surface area contributed by atoms with Crippen LogP contribution in [0.4, 0.5) is 0 Å². The Morgan fingerprint density at radius 2 is 2.05 bits per heavy atom. The van der Waals surface area contributed by atoms with Crippen LogP contribution in [-0.4, -0.2) is 41.8 Å². The van der Waals surface area contributed by atoms with E-state index < -0.39 is 12.0 Å². The molecule has 110 valence electrons. The Bertz CT molecular complexity index is 461. The summed E-state index contributed by atoms with van der Waals surface area (Å²) in [7, 11) is 1.56. The molecular weight excluding hydrogens is 262 g/mol. The topological polar surface area (TPSA) is 95.9 Å². The summed E-state index contributed by atoms with van der Waals surface area (Å²) in [5.74, 6) is -0.813. The van der Waals surface area contributed by atoms with Gasteiger partial charge in [0.05, 0.1) is 7.11 Å². The molecule has 1 aromatic rings. The van der Waals surface area contributed by atoms with E-state index in [9.17, 15) is 9.59 Å². The number of aliphatic hydroxyl groups excluding tert-OH is 1. The Balaban J connectivity index is 2.52. The number of carboxylic acid groups (broad SMARTS) is 1. The molecule has 20 heavy (non-hydrogen) atoms. The third kappa shape index (κ3) is 4.89. The van der Waals surface area contributed by atoms with Crippen LogP contribution in [0.1, 0.15) is 18.4 Å². The summed E-state index contributed by atoms with van der Waals surface area (Å²) in [4.78, 5) is 22.6. The maximum atomic E-state index is 11.7. The van der Waals surface area contributed by atoms with Crippen molar-refractivity contribution < 1.29 is 24.5 Å². The van der Waals surface area contributed by atoms with Gasteiger partial charge >= 0.3 is 5.97 Å². The van der Waals surface area contributed by atoms with E-state index in [-0.39, 0.29) is 25.4 Å². The number of aliphatic hydroxyl groups is 1. The van der Waals surface area contributed by atoms with Gasteiger partial charge in [-0.25, -0.2) is 4.79 Å². The molecule has 0 aliphatic rings. The summed E-state index contributed by atoms with van der Waals surface area (Å²) in [6, 6.07) is 6.30. The van der Waals surface area contributed by atoms with Crippen molar-refractivity contribution in [1.82, 2.24) is 5.32 Å². The largest absolute Gasteiger partial charge is 0.496 e. The van der Waals surface area contributed by atoms with E-state index in [4.69, 9.17) is 14.9 Å². The van der Waals surface area contributed by atoms with E-state index >= 15 is 0 Å². The molecule has 0 aliphatic carbocycles. The van der Waals surface area contributed by atoms with Crippen molar-refractivity contribution in [3.8, 4) is 5.75 Å². The van der Waals surface area contributed by atoms with E-state index in [0.717, 1.165) is 5.56 Å². The molecule has 0 aromatic heterocycles. The number of nitrogens with one attached hydrogen (secondary N) is 1. The number of hydrogen-bond donors (Lipinski definition) is 3. The summed E-state index contributed by atoms with van der Waals surface area (Å²) in [5, 5.41) is 20.0. The molecule has 3 N–H and O–H groups in total. The van der Waals surface area contributed by atoms with E-state index in [2.05, 4.69) is 5.32 Å². The van der Waals surface area contributed by atoms with Crippen molar-refractivity contribution >= 4 is 11.9 Å². The van der Waals surface area contributed by atoms with Gasteiger partial charge in [0, 0.05) is 19.4 Å². The van der Waals surface area contributed by atoms with Crippen LogP contribution in [0, 0.1) is 0 Å². The first-order valence-corrected chi connectivity index (χ1v) is 6.33. The van der Waals surface area contributed by atoms with Crippen LogP contribution in [0.2, 0.25) is 0 Å². The standard InChI is InChI=1S/C14H19NO5/c1-20-12-5-3-2-4-10(12)6-7-13(17)15-11(8-9-16)14(18)19/h2-5,11,16H,6-9H2,1H3,(H,15,17)(H,18,19)/t11-/m0/s1. The van der Waals surface area contributed by atoms with Crippen LogP contribution in [0.25, 0.3) is 0 Å². The minimum atomic E-state index is -1.15. The second kappa shape index (κ2) is 8.16. The van der Waals surface area contributed by atoms with Gasteiger partial charge in [0.25, 0.3) is 0 Å². The highest BCUT2D eigenvalue weighted by Crippen LogP contribution is 2.18. The van der Waals surface area contributed by atoms with Gasteiger partial charge in [-0.15, -0.1) is 0 Å². The molecule has 0 saturated carbocycles. The lowest BCUT2D eigenvalue weighted by atomic mass is 10.1. The molecule has 1 rings (SSSR count). The fourth-order valence-corrected chi connectivity index (χ4v) is 1.81. The molecule has 0 heterocycles.